The number of aromatic nitrogens is 1. The average Bonchev–Trinajstić information content (AvgIpc) is 3.04. The van der Waals surface area contributed by atoms with E-state index in [9.17, 15) is 4.79 Å². The van der Waals surface area contributed by atoms with Crippen LogP contribution in [-0.2, 0) is 17.8 Å². The molecule has 0 unspecified atom stereocenters. The molecular formula is C19H18N2O2. The Hall–Kier alpha value is -2.88. The number of carbonyl (C=O) groups excluding carboxylic acids is 1. The molecule has 2 aromatic carbocycles. The van der Waals surface area contributed by atoms with E-state index in [4.69, 9.17) is 4.52 Å². The first-order valence-corrected chi connectivity index (χ1v) is 7.54. The van der Waals surface area contributed by atoms with Crippen molar-refractivity contribution in [3.8, 4) is 11.3 Å². The lowest BCUT2D eigenvalue weighted by Crippen LogP contribution is -2.24. The Kier molecular flexibility index (Phi) is 4.52. The van der Waals surface area contributed by atoms with Crippen LogP contribution in [0.15, 0.2) is 65.2 Å². The van der Waals surface area contributed by atoms with Gasteiger partial charge >= 0.3 is 0 Å². The van der Waals surface area contributed by atoms with E-state index in [1.54, 1.807) is 6.07 Å². The first-order chi connectivity index (χ1) is 11.2. The number of rotatable bonds is 5. The standard InChI is InChI=1S/C19H18N2O2/c1-14-7-9-15(10-8-14)13-20-19(22)12-17-11-18(23-21-17)16-5-3-2-4-6-16/h2-11H,12-13H2,1H3,(H,20,22). The molecule has 1 heterocycles. The zero-order valence-corrected chi connectivity index (χ0v) is 13.0. The Labute approximate surface area is 135 Å². The molecule has 0 spiro atoms. The third kappa shape index (κ3) is 4.07. The number of aryl methyl sites for hydroxylation is 1. The lowest BCUT2D eigenvalue weighted by molar-refractivity contribution is -0.120. The molecule has 0 bridgehead atoms. The monoisotopic (exact) mass is 306 g/mol. The van der Waals surface area contributed by atoms with Crippen molar-refractivity contribution in [2.45, 2.75) is 19.9 Å². The van der Waals surface area contributed by atoms with Crippen molar-refractivity contribution in [1.29, 1.82) is 0 Å². The average molecular weight is 306 g/mol. The molecule has 1 aromatic heterocycles. The maximum atomic E-state index is 12.0. The van der Waals surface area contributed by atoms with Crippen molar-refractivity contribution in [2.75, 3.05) is 0 Å². The predicted molar refractivity (Wildman–Crippen MR) is 88.7 cm³/mol. The van der Waals surface area contributed by atoms with Crippen molar-refractivity contribution in [3.05, 3.63) is 77.5 Å². The van der Waals surface area contributed by atoms with Crippen LogP contribution in [0, 0.1) is 6.92 Å². The maximum absolute atomic E-state index is 12.0. The quantitative estimate of drug-likeness (QED) is 0.785. The van der Waals surface area contributed by atoms with Gasteiger partial charge in [-0.25, -0.2) is 0 Å². The highest BCUT2D eigenvalue weighted by molar-refractivity contribution is 5.78. The van der Waals surface area contributed by atoms with Crippen LogP contribution in [0.2, 0.25) is 0 Å². The van der Waals surface area contributed by atoms with Crippen molar-refractivity contribution < 1.29 is 9.32 Å². The minimum Gasteiger partial charge on any atom is -0.356 e. The van der Waals surface area contributed by atoms with Crippen LogP contribution in [0.25, 0.3) is 11.3 Å². The number of carbonyl (C=O) groups is 1. The van der Waals surface area contributed by atoms with E-state index < -0.39 is 0 Å². The first kappa shape index (κ1) is 15.0. The summed E-state index contributed by atoms with van der Waals surface area (Å²) in [7, 11) is 0. The van der Waals surface area contributed by atoms with Crippen molar-refractivity contribution in [1.82, 2.24) is 10.5 Å². The Morgan fingerprint density at radius 3 is 2.57 bits per heavy atom. The number of nitrogens with zero attached hydrogens (tertiary/aromatic N) is 1. The van der Waals surface area contributed by atoms with Gasteiger partial charge in [0.05, 0.1) is 12.1 Å². The molecule has 0 aliphatic heterocycles. The fourth-order valence-corrected chi connectivity index (χ4v) is 2.27. The van der Waals surface area contributed by atoms with Crippen LogP contribution in [-0.4, -0.2) is 11.1 Å². The van der Waals surface area contributed by atoms with Gasteiger partial charge in [0.2, 0.25) is 5.91 Å². The summed E-state index contributed by atoms with van der Waals surface area (Å²) in [5, 5.41) is 6.86. The topological polar surface area (TPSA) is 55.1 Å². The van der Waals surface area contributed by atoms with Crippen LogP contribution in [0.1, 0.15) is 16.8 Å². The van der Waals surface area contributed by atoms with Crippen LogP contribution in [0.3, 0.4) is 0 Å². The summed E-state index contributed by atoms with van der Waals surface area (Å²) in [6.45, 7) is 2.56. The van der Waals surface area contributed by atoms with Gasteiger partial charge < -0.3 is 9.84 Å². The molecule has 0 aliphatic carbocycles. The second-order valence-corrected chi connectivity index (χ2v) is 5.49. The third-order valence-corrected chi connectivity index (χ3v) is 3.57. The van der Waals surface area contributed by atoms with Crippen molar-refractivity contribution >= 4 is 5.91 Å². The highest BCUT2D eigenvalue weighted by Crippen LogP contribution is 2.19. The minimum absolute atomic E-state index is 0.0708. The molecule has 3 rings (SSSR count). The van der Waals surface area contributed by atoms with E-state index in [1.165, 1.54) is 5.56 Å². The molecule has 1 N–H and O–H groups in total. The van der Waals surface area contributed by atoms with E-state index in [1.807, 2.05) is 61.5 Å². The largest absolute Gasteiger partial charge is 0.356 e. The van der Waals surface area contributed by atoms with E-state index in [-0.39, 0.29) is 12.3 Å². The summed E-state index contributed by atoms with van der Waals surface area (Å²) in [4.78, 5) is 12.0. The Balaban J connectivity index is 1.56. The van der Waals surface area contributed by atoms with Gasteiger partial charge in [0.25, 0.3) is 0 Å². The second-order valence-electron chi connectivity index (χ2n) is 5.49. The smallest absolute Gasteiger partial charge is 0.226 e. The first-order valence-electron chi connectivity index (χ1n) is 7.54. The lowest BCUT2D eigenvalue weighted by atomic mass is 10.1. The molecule has 4 heteroatoms. The molecule has 116 valence electrons. The molecule has 0 radical (unpaired) electrons. The molecule has 0 saturated carbocycles. The van der Waals surface area contributed by atoms with E-state index >= 15 is 0 Å². The van der Waals surface area contributed by atoms with Gasteiger partial charge in [-0.05, 0) is 12.5 Å². The van der Waals surface area contributed by atoms with Gasteiger partial charge in [-0.2, -0.15) is 0 Å². The van der Waals surface area contributed by atoms with Gasteiger partial charge in [-0.3, -0.25) is 4.79 Å². The molecule has 0 fully saturated rings. The SMILES string of the molecule is Cc1ccc(CNC(=O)Cc2cc(-c3ccccc3)on2)cc1. The van der Waals surface area contributed by atoms with Crippen LogP contribution < -0.4 is 5.32 Å². The van der Waals surface area contributed by atoms with Crippen LogP contribution in [0.4, 0.5) is 0 Å². The number of amides is 1. The molecular weight excluding hydrogens is 288 g/mol. The van der Waals surface area contributed by atoms with Crippen molar-refractivity contribution in [2.24, 2.45) is 0 Å². The fraction of sp³-hybridized carbons (Fsp3) is 0.158. The summed E-state index contributed by atoms with van der Waals surface area (Å²) >= 11 is 0. The van der Waals surface area contributed by atoms with Gasteiger partial charge in [-0.15, -0.1) is 0 Å². The summed E-state index contributed by atoms with van der Waals surface area (Å²) < 4.78 is 5.30. The zero-order chi connectivity index (χ0) is 16.1. The predicted octanol–water partition coefficient (Wildman–Crippen LogP) is 3.51. The van der Waals surface area contributed by atoms with Crippen LogP contribution >= 0.6 is 0 Å². The maximum Gasteiger partial charge on any atom is 0.226 e. The van der Waals surface area contributed by atoms with Gasteiger partial charge in [-0.1, -0.05) is 65.3 Å². The summed E-state index contributed by atoms with van der Waals surface area (Å²) in [5.74, 6) is 0.602. The highest BCUT2D eigenvalue weighted by Gasteiger charge is 2.10. The molecule has 1 amide bonds. The van der Waals surface area contributed by atoms with E-state index in [0.717, 1.165) is 11.1 Å². The number of hydrogen-bond acceptors (Lipinski definition) is 3. The third-order valence-electron chi connectivity index (χ3n) is 3.57. The van der Waals surface area contributed by atoms with Crippen molar-refractivity contribution in [3.63, 3.8) is 0 Å². The summed E-state index contributed by atoms with van der Waals surface area (Å²) in [6.07, 6.45) is 0.211. The van der Waals surface area contributed by atoms with E-state index in [0.29, 0.717) is 18.0 Å². The van der Waals surface area contributed by atoms with E-state index in [2.05, 4.69) is 10.5 Å². The fourth-order valence-electron chi connectivity index (χ4n) is 2.27. The lowest BCUT2D eigenvalue weighted by Gasteiger charge is -2.04. The number of nitrogens with one attached hydrogen (secondary N) is 1. The molecule has 4 nitrogen and oxygen atoms in total. The zero-order valence-electron chi connectivity index (χ0n) is 13.0. The molecule has 3 aromatic rings. The summed E-state index contributed by atoms with van der Waals surface area (Å²) in [5.41, 5.74) is 3.86. The normalized spacial score (nSPS) is 10.5. The summed E-state index contributed by atoms with van der Waals surface area (Å²) in [6, 6.07) is 19.6. The Morgan fingerprint density at radius 2 is 1.83 bits per heavy atom. The van der Waals surface area contributed by atoms with Gasteiger partial charge in [0.1, 0.15) is 0 Å². The minimum atomic E-state index is -0.0708. The molecule has 0 atom stereocenters. The number of benzene rings is 2. The highest BCUT2D eigenvalue weighted by atomic mass is 16.5. The Bertz CT molecular complexity index is 777. The molecule has 23 heavy (non-hydrogen) atoms. The van der Waals surface area contributed by atoms with Gasteiger partial charge in [0, 0.05) is 18.2 Å². The Morgan fingerprint density at radius 1 is 1.09 bits per heavy atom. The molecule has 0 saturated heterocycles. The second kappa shape index (κ2) is 6.92. The van der Waals surface area contributed by atoms with Gasteiger partial charge in [0.15, 0.2) is 5.76 Å². The van der Waals surface area contributed by atoms with Crippen LogP contribution in [0.5, 0.6) is 0 Å². The molecule has 0 aliphatic rings. The number of hydrogen-bond donors (Lipinski definition) is 1.